The van der Waals surface area contributed by atoms with Gasteiger partial charge in [0.1, 0.15) is 5.75 Å². The van der Waals surface area contributed by atoms with E-state index in [1.165, 1.54) is 0 Å². The number of aromatic nitrogens is 1. The number of ketones is 2. The van der Waals surface area contributed by atoms with E-state index in [1.807, 2.05) is 36.4 Å². The smallest absolute Gasteiger partial charge is 0.165 e. The van der Waals surface area contributed by atoms with Crippen LogP contribution in [0.2, 0.25) is 0 Å². The summed E-state index contributed by atoms with van der Waals surface area (Å²) in [6.07, 6.45) is 11.8. The van der Waals surface area contributed by atoms with Crippen molar-refractivity contribution in [1.82, 2.24) is 4.98 Å². The number of rotatable bonds is 14. The van der Waals surface area contributed by atoms with E-state index in [0.29, 0.717) is 60.1 Å². The fourth-order valence-electron chi connectivity index (χ4n) is 7.80. The maximum Gasteiger partial charge on any atom is 0.165 e. The molecule has 2 aliphatic rings. The molecule has 0 amide bonds. The Morgan fingerprint density at radius 3 is 2.59 bits per heavy atom. The lowest BCUT2D eigenvalue weighted by Gasteiger charge is -2.25. The molecule has 9 heteroatoms. The minimum absolute atomic E-state index is 0.00690. The minimum Gasteiger partial charge on any atom is -0.508 e. The summed E-state index contributed by atoms with van der Waals surface area (Å²) in [5.74, 6) is 6.32. The van der Waals surface area contributed by atoms with Crippen LogP contribution in [-0.4, -0.2) is 44.6 Å². The molecule has 3 atom stereocenters. The molecule has 2 aliphatic carbocycles. The zero-order valence-electron chi connectivity index (χ0n) is 30.9. The number of phenols is 2. The molecule has 0 aliphatic heterocycles. The van der Waals surface area contributed by atoms with Gasteiger partial charge >= 0.3 is 0 Å². The van der Waals surface area contributed by atoms with Gasteiger partial charge in [0.15, 0.2) is 23.1 Å². The van der Waals surface area contributed by atoms with Crippen LogP contribution in [0.1, 0.15) is 120 Å². The molecule has 4 aromatic rings. The molecular weight excluding hydrogens is 679 g/mol. The van der Waals surface area contributed by atoms with Crippen molar-refractivity contribution in [3.05, 3.63) is 124 Å². The summed E-state index contributed by atoms with van der Waals surface area (Å²) in [5, 5.41) is 31.9. The summed E-state index contributed by atoms with van der Waals surface area (Å²) >= 11 is 0. The molecule has 282 valence electrons. The van der Waals surface area contributed by atoms with Crippen LogP contribution in [0, 0.1) is 17.3 Å². The van der Waals surface area contributed by atoms with Gasteiger partial charge in [-0.25, -0.2) is 0 Å². The molecule has 1 aromatic heterocycles. The Bertz CT molecular complexity index is 2070. The summed E-state index contributed by atoms with van der Waals surface area (Å²) in [4.78, 5) is 29.7. The van der Waals surface area contributed by atoms with Crippen LogP contribution >= 0.6 is 0 Å². The van der Waals surface area contributed by atoms with E-state index in [-0.39, 0.29) is 47.6 Å². The number of nitrogens with one attached hydrogen (secondary N) is 1. The van der Waals surface area contributed by atoms with Gasteiger partial charge in [-0.05, 0) is 96.2 Å². The maximum absolute atomic E-state index is 13.7. The van der Waals surface area contributed by atoms with Crippen molar-refractivity contribution in [1.29, 1.82) is 0 Å². The molecule has 3 aromatic carbocycles. The first-order valence-corrected chi connectivity index (χ1v) is 19.0. The number of benzene rings is 3. The third-order valence-corrected chi connectivity index (χ3v) is 10.9. The Labute approximate surface area is 317 Å². The predicted molar refractivity (Wildman–Crippen MR) is 209 cm³/mol. The minimum atomic E-state index is -0.690. The maximum atomic E-state index is 13.7. The lowest BCUT2D eigenvalue weighted by molar-refractivity contribution is -0.114. The van der Waals surface area contributed by atoms with E-state index in [1.54, 1.807) is 42.6 Å². The number of aliphatic hydroxyl groups excluding tert-OH is 1. The second-order valence-electron chi connectivity index (χ2n) is 14.9. The SMILES string of the molecule is CCCCC1(C=CC(=O)CCc2ccc(O)c(OCCc3ccc(O)c(C4CC(=O)c5cc[nH]c5CC#Cc5cc(C(N)N)ccc54)c3)c2)CCC(O)C1. The molecule has 54 heavy (non-hydrogen) atoms. The number of aryl methyl sites for hydroxylation is 1. The largest absolute Gasteiger partial charge is 0.508 e. The number of aromatic amines is 1. The molecule has 0 saturated heterocycles. The summed E-state index contributed by atoms with van der Waals surface area (Å²) in [6, 6.07) is 17.9. The molecule has 8 N–H and O–H groups in total. The van der Waals surface area contributed by atoms with Crippen molar-refractivity contribution in [2.75, 3.05) is 6.61 Å². The van der Waals surface area contributed by atoms with Gasteiger partial charge in [0.05, 0.1) is 25.3 Å². The third kappa shape index (κ3) is 9.31. The molecule has 1 fully saturated rings. The first-order chi connectivity index (χ1) is 26.0. The van der Waals surface area contributed by atoms with Crippen molar-refractivity contribution >= 4 is 11.6 Å². The highest BCUT2D eigenvalue weighted by Crippen LogP contribution is 2.44. The van der Waals surface area contributed by atoms with Crippen LogP contribution < -0.4 is 16.2 Å². The van der Waals surface area contributed by atoms with Gasteiger partial charge in [0, 0.05) is 53.8 Å². The number of carbonyl (C=O) groups excluding carboxylic acids is 2. The molecule has 3 unspecified atom stereocenters. The fraction of sp³-hybridized carbons (Fsp3) is 0.378. The van der Waals surface area contributed by atoms with Gasteiger partial charge in [-0.3, -0.25) is 9.59 Å². The number of hydrogen-bond acceptors (Lipinski definition) is 8. The van der Waals surface area contributed by atoms with Crippen molar-refractivity contribution in [2.24, 2.45) is 16.9 Å². The van der Waals surface area contributed by atoms with E-state index < -0.39 is 12.1 Å². The molecule has 0 bridgehead atoms. The van der Waals surface area contributed by atoms with Gasteiger partial charge in [-0.2, -0.15) is 0 Å². The second kappa shape index (κ2) is 17.3. The topological polar surface area (TPSA) is 172 Å². The normalized spacial score (nSPS) is 19.7. The Hall–Kier alpha value is -5.14. The zero-order chi connectivity index (χ0) is 38.2. The van der Waals surface area contributed by atoms with Crippen molar-refractivity contribution < 1.29 is 29.6 Å². The number of aliphatic hydroxyl groups is 1. The molecule has 1 heterocycles. The van der Waals surface area contributed by atoms with E-state index >= 15 is 0 Å². The zero-order valence-corrected chi connectivity index (χ0v) is 30.9. The van der Waals surface area contributed by atoms with E-state index in [2.05, 4.69) is 23.7 Å². The number of Topliss-reactive ketones (excluding diaryl/α,β-unsaturated/α-hetero) is 1. The average Bonchev–Trinajstić information content (AvgIpc) is 3.79. The number of aromatic hydroxyl groups is 2. The van der Waals surface area contributed by atoms with Crippen LogP contribution in [-0.2, 0) is 24.1 Å². The lowest BCUT2D eigenvalue weighted by Crippen LogP contribution is -2.20. The van der Waals surface area contributed by atoms with Gasteiger partial charge in [-0.1, -0.05) is 68.0 Å². The molecular formula is C45H51N3O6. The Balaban J connectivity index is 1.14. The van der Waals surface area contributed by atoms with E-state index in [0.717, 1.165) is 54.5 Å². The predicted octanol–water partition coefficient (Wildman–Crippen LogP) is 7.06. The molecule has 6 rings (SSSR count). The summed E-state index contributed by atoms with van der Waals surface area (Å²) in [5.41, 5.74) is 17.8. The third-order valence-electron chi connectivity index (χ3n) is 10.9. The lowest BCUT2D eigenvalue weighted by atomic mass is 9.80. The Morgan fingerprint density at radius 1 is 1.04 bits per heavy atom. The number of fused-ring (bicyclic) bond motifs is 2. The molecule has 1 saturated carbocycles. The number of carbonyl (C=O) groups is 2. The van der Waals surface area contributed by atoms with Gasteiger partial charge < -0.3 is 36.5 Å². The number of nitrogens with two attached hydrogens (primary N) is 2. The highest BCUT2D eigenvalue weighted by atomic mass is 16.5. The van der Waals surface area contributed by atoms with Crippen molar-refractivity contribution in [2.45, 2.75) is 95.7 Å². The number of H-pyrrole nitrogens is 1. The number of ether oxygens (including phenoxy) is 1. The van der Waals surface area contributed by atoms with E-state index in [4.69, 9.17) is 16.2 Å². The molecule has 0 spiro atoms. The van der Waals surface area contributed by atoms with Crippen LogP contribution in [0.25, 0.3) is 0 Å². The molecule has 9 nitrogen and oxygen atoms in total. The van der Waals surface area contributed by atoms with E-state index in [9.17, 15) is 24.9 Å². The number of phenolic OH excluding ortho intramolecular Hbond substituents is 2. The number of hydrogen-bond donors (Lipinski definition) is 6. The Kier molecular flexibility index (Phi) is 12.4. The summed E-state index contributed by atoms with van der Waals surface area (Å²) in [6.45, 7) is 2.40. The highest BCUT2D eigenvalue weighted by Gasteiger charge is 2.35. The molecule has 0 radical (unpaired) electrons. The standard InChI is InChI=1S/C45H51N3O6/c1-2-3-19-45(21-16-34(50)28-45)20-15-33(49)11-7-29-9-14-41(52)43(25-29)54-23-18-30-8-13-40(51)38(24-30)37-27-42(53)36-17-22-48-39(36)6-4-5-31-26-32(44(46)47)10-12-35(31)37/h8-10,12-15,17,20,22,24-26,34,37,44,48,50-52H,2-3,6-7,11,16,18-19,21,23,27-28,46-47H2,1H3. The fourth-order valence-corrected chi connectivity index (χ4v) is 7.80. The van der Waals surface area contributed by atoms with Crippen molar-refractivity contribution in [3.63, 3.8) is 0 Å². The van der Waals surface area contributed by atoms with Gasteiger partial charge in [0.25, 0.3) is 0 Å². The van der Waals surface area contributed by atoms with Crippen LogP contribution in [0.5, 0.6) is 17.2 Å². The van der Waals surface area contributed by atoms with Crippen molar-refractivity contribution in [3.8, 4) is 29.1 Å². The summed E-state index contributed by atoms with van der Waals surface area (Å²) < 4.78 is 6.05. The second-order valence-corrected chi connectivity index (χ2v) is 14.9. The quantitative estimate of drug-likeness (QED) is 0.0455. The van der Waals surface area contributed by atoms with Crippen LogP contribution in [0.15, 0.2) is 79.0 Å². The van der Waals surface area contributed by atoms with Crippen LogP contribution in [0.4, 0.5) is 0 Å². The highest BCUT2D eigenvalue weighted by molar-refractivity contribution is 5.98. The number of unbranched alkanes of at least 4 members (excludes halogenated alkanes) is 1. The first kappa shape index (κ1) is 38.6. The summed E-state index contributed by atoms with van der Waals surface area (Å²) in [7, 11) is 0. The first-order valence-electron chi connectivity index (χ1n) is 19.0. The van der Waals surface area contributed by atoms with Gasteiger partial charge in [-0.15, -0.1) is 0 Å². The Morgan fingerprint density at radius 2 is 1.83 bits per heavy atom. The van der Waals surface area contributed by atoms with Gasteiger partial charge in [0.2, 0.25) is 0 Å². The number of allylic oxidation sites excluding steroid dienone is 2. The monoisotopic (exact) mass is 729 g/mol. The average molecular weight is 730 g/mol. The van der Waals surface area contributed by atoms with Crippen LogP contribution in [0.3, 0.4) is 0 Å².